The monoisotopic (exact) mass is 263 g/mol. The Morgan fingerprint density at radius 3 is 2.53 bits per heavy atom. The molecule has 0 bridgehead atoms. The van der Waals surface area contributed by atoms with Gasteiger partial charge in [-0.1, -0.05) is 31.2 Å². The van der Waals surface area contributed by atoms with Crippen LogP contribution in [0.2, 0.25) is 0 Å². The zero-order chi connectivity index (χ0) is 14.0. The van der Waals surface area contributed by atoms with Crippen molar-refractivity contribution in [1.29, 1.82) is 0 Å². The highest BCUT2D eigenvalue weighted by Crippen LogP contribution is 2.31. The molecule has 0 aromatic carbocycles. The number of carboxylic acid groups (broad SMARTS) is 1. The van der Waals surface area contributed by atoms with Crippen molar-refractivity contribution in [2.45, 2.75) is 26.2 Å². The van der Waals surface area contributed by atoms with Crippen molar-refractivity contribution >= 4 is 11.9 Å². The first-order valence-electron chi connectivity index (χ1n) is 6.88. The number of nitrogens with zero attached hydrogens (tertiary/aromatic N) is 1. The van der Waals surface area contributed by atoms with E-state index < -0.39 is 17.8 Å². The molecule has 4 heteroatoms. The second-order valence-electron chi connectivity index (χ2n) is 5.48. The molecule has 1 saturated heterocycles. The van der Waals surface area contributed by atoms with E-state index in [9.17, 15) is 14.7 Å². The average Bonchev–Trinajstić information content (AvgIpc) is 2.79. The van der Waals surface area contributed by atoms with Crippen LogP contribution in [0, 0.1) is 17.8 Å². The molecule has 0 saturated carbocycles. The number of likely N-dealkylation sites (tertiary alicyclic amines) is 1. The first-order chi connectivity index (χ1) is 9.04. The van der Waals surface area contributed by atoms with Crippen molar-refractivity contribution in [1.82, 2.24) is 4.90 Å². The Hall–Kier alpha value is -1.58. The van der Waals surface area contributed by atoms with Crippen LogP contribution in [0.5, 0.6) is 0 Å². The van der Waals surface area contributed by atoms with Crippen LogP contribution in [-0.4, -0.2) is 35.0 Å². The second-order valence-corrected chi connectivity index (χ2v) is 5.48. The van der Waals surface area contributed by atoms with E-state index in [1.54, 1.807) is 4.90 Å². The molecular weight excluding hydrogens is 242 g/mol. The van der Waals surface area contributed by atoms with Gasteiger partial charge in [0.15, 0.2) is 0 Å². The van der Waals surface area contributed by atoms with Gasteiger partial charge in [0.2, 0.25) is 5.91 Å². The zero-order valence-corrected chi connectivity index (χ0v) is 11.3. The standard InChI is InChI=1S/C15H21NO3/c1-3-11-9-16(8-10(11)2)14(17)12-6-4-5-7-13(12)15(18)19/h4-5,11-13H,2-3,6-9H2,1H3,(H,18,19). The summed E-state index contributed by atoms with van der Waals surface area (Å²) in [4.78, 5) is 25.5. The van der Waals surface area contributed by atoms with E-state index in [-0.39, 0.29) is 5.91 Å². The van der Waals surface area contributed by atoms with Gasteiger partial charge in [-0.3, -0.25) is 9.59 Å². The van der Waals surface area contributed by atoms with Gasteiger partial charge >= 0.3 is 5.97 Å². The zero-order valence-electron chi connectivity index (χ0n) is 11.3. The molecule has 1 fully saturated rings. The van der Waals surface area contributed by atoms with Gasteiger partial charge in [0.1, 0.15) is 0 Å². The summed E-state index contributed by atoms with van der Waals surface area (Å²) in [6.45, 7) is 7.39. The lowest BCUT2D eigenvalue weighted by atomic mass is 9.82. The molecule has 3 atom stereocenters. The van der Waals surface area contributed by atoms with Gasteiger partial charge in [-0.15, -0.1) is 0 Å². The van der Waals surface area contributed by atoms with E-state index in [4.69, 9.17) is 0 Å². The smallest absolute Gasteiger partial charge is 0.307 e. The highest BCUT2D eigenvalue weighted by atomic mass is 16.4. The van der Waals surface area contributed by atoms with Crippen molar-refractivity contribution in [3.8, 4) is 0 Å². The third-order valence-electron chi connectivity index (χ3n) is 4.28. The molecule has 1 aliphatic carbocycles. The molecule has 19 heavy (non-hydrogen) atoms. The van der Waals surface area contributed by atoms with E-state index >= 15 is 0 Å². The Bertz CT molecular complexity index is 427. The fraction of sp³-hybridized carbons (Fsp3) is 0.600. The number of allylic oxidation sites excluding steroid dienone is 2. The molecule has 104 valence electrons. The molecule has 3 unspecified atom stereocenters. The Morgan fingerprint density at radius 1 is 1.37 bits per heavy atom. The van der Waals surface area contributed by atoms with E-state index in [0.717, 1.165) is 12.0 Å². The maximum Gasteiger partial charge on any atom is 0.307 e. The van der Waals surface area contributed by atoms with Crippen molar-refractivity contribution in [3.63, 3.8) is 0 Å². The fourth-order valence-electron chi connectivity index (χ4n) is 3.01. The van der Waals surface area contributed by atoms with Crippen LogP contribution in [0.1, 0.15) is 26.2 Å². The molecule has 0 aromatic heterocycles. The molecule has 0 spiro atoms. The summed E-state index contributed by atoms with van der Waals surface area (Å²) in [5.41, 5.74) is 1.09. The third-order valence-corrected chi connectivity index (χ3v) is 4.28. The normalized spacial score (nSPS) is 30.7. The van der Waals surface area contributed by atoms with Gasteiger partial charge in [-0.25, -0.2) is 0 Å². The predicted molar refractivity (Wildman–Crippen MR) is 72.5 cm³/mol. The lowest BCUT2D eigenvalue weighted by Crippen LogP contribution is -2.40. The molecule has 4 nitrogen and oxygen atoms in total. The number of rotatable bonds is 3. The number of hydrogen-bond acceptors (Lipinski definition) is 2. The van der Waals surface area contributed by atoms with Crippen LogP contribution in [-0.2, 0) is 9.59 Å². The Balaban J connectivity index is 2.09. The number of carbonyl (C=O) groups is 2. The lowest BCUT2D eigenvalue weighted by molar-refractivity contribution is -0.150. The molecule has 1 heterocycles. The van der Waals surface area contributed by atoms with Gasteiger partial charge < -0.3 is 10.0 Å². The quantitative estimate of drug-likeness (QED) is 0.793. The van der Waals surface area contributed by atoms with Crippen molar-refractivity contribution in [2.24, 2.45) is 17.8 Å². The molecular formula is C15H21NO3. The van der Waals surface area contributed by atoms with Gasteiger partial charge in [-0.05, 0) is 25.2 Å². The van der Waals surface area contributed by atoms with Crippen molar-refractivity contribution in [2.75, 3.05) is 13.1 Å². The van der Waals surface area contributed by atoms with Gasteiger partial charge in [0.25, 0.3) is 0 Å². The number of aliphatic carboxylic acids is 1. The largest absolute Gasteiger partial charge is 0.481 e. The minimum atomic E-state index is -0.868. The fourth-order valence-corrected chi connectivity index (χ4v) is 3.01. The van der Waals surface area contributed by atoms with Gasteiger partial charge in [-0.2, -0.15) is 0 Å². The topological polar surface area (TPSA) is 57.6 Å². The third kappa shape index (κ3) is 2.72. The second kappa shape index (κ2) is 5.59. The number of hydrogen-bond donors (Lipinski definition) is 1. The van der Waals surface area contributed by atoms with E-state index in [0.29, 0.717) is 31.8 Å². The summed E-state index contributed by atoms with van der Waals surface area (Å²) in [5.74, 6) is -1.51. The van der Waals surface area contributed by atoms with Crippen LogP contribution in [0.4, 0.5) is 0 Å². The summed E-state index contributed by atoms with van der Waals surface area (Å²) in [7, 11) is 0. The molecule has 1 amide bonds. The molecule has 0 radical (unpaired) electrons. The minimum absolute atomic E-state index is 0.0196. The molecule has 1 aliphatic heterocycles. The van der Waals surface area contributed by atoms with Crippen LogP contribution < -0.4 is 0 Å². The lowest BCUT2D eigenvalue weighted by Gasteiger charge is -2.28. The summed E-state index contributed by atoms with van der Waals surface area (Å²) in [6, 6.07) is 0. The highest BCUT2D eigenvalue weighted by Gasteiger charge is 2.38. The summed E-state index contributed by atoms with van der Waals surface area (Å²) in [6.07, 6.45) is 5.76. The average molecular weight is 263 g/mol. The predicted octanol–water partition coefficient (Wildman–Crippen LogP) is 2.08. The van der Waals surface area contributed by atoms with Crippen molar-refractivity contribution < 1.29 is 14.7 Å². The van der Waals surface area contributed by atoms with E-state index in [1.807, 2.05) is 12.2 Å². The first kappa shape index (κ1) is 13.8. The maximum atomic E-state index is 12.5. The van der Waals surface area contributed by atoms with Crippen LogP contribution in [0.3, 0.4) is 0 Å². The van der Waals surface area contributed by atoms with Crippen LogP contribution in [0.15, 0.2) is 24.3 Å². The van der Waals surface area contributed by atoms with Crippen LogP contribution in [0.25, 0.3) is 0 Å². The summed E-state index contributed by atoms with van der Waals surface area (Å²) >= 11 is 0. The Morgan fingerprint density at radius 2 is 2.00 bits per heavy atom. The first-order valence-corrected chi connectivity index (χ1v) is 6.88. The Kier molecular flexibility index (Phi) is 4.08. The maximum absolute atomic E-state index is 12.5. The SMILES string of the molecule is C=C1CN(C(=O)C2CC=CCC2C(=O)O)CC1CC. The van der Waals surface area contributed by atoms with E-state index in [1.165, 1.54) is 0 Å². The molecule has 0 aromatic rings. The molecule has 2 aliphatic rings. The van der Waals surface area contributed by atoms with E-state index in [2.05, 4.69) is 13.5 Å². The molecule has 1 N–H and O–H groups in total. The van der Waals surface area contributed by atoms with Crippen LogP contribution >= 0.6 is 0 Å². The number of amides is 1. The molecule has 2 rings (SSSR count). The minimum Gasteiger partial charge on any atom is -0.481 e. The summed E-state index contributed by atoms with van der Waals surface area (Å²) < 4.78 is 0. The van der Waals surface area contributed by atoms with Crippen molar-refractivity contribution in [3.05, 3.63) is 24.3 Å². The number of carboxylic acids is 1. The van der Waals surface area contributed by atoms with Gasteiger partial charge in [0.05, 0.1) is 11.8 Å². The highest BCUT2D eigenvalue weighted by molar-refractivity contribution is 5.85. The number of carbonyl (C=O) groups excluding carboxylic acids is 1. The summed E-state index contributed by atoms with van der Waals surface area (Å²) in [5, 5.41) is 9.23. The Labute approximate surface area is 113 Å². The van der Waals surface area contributed by atoms with Gasteiger partial charge in [0, 0.05) is 13.1 Å².